The first-order valence-corrected chi connectivity index (χ1v) is 9.55. The van der Waals surface area contributed by atoms with E-state index in [9.17, 15) is 40.5 Å². The first kappa shape index (κ1) is 22.8. The molecule has 3 rings (SSSR count). The molecular weight excluding hydrogens is 412 g/mol. The summed E-state index contributed by atoms with van der Waals surface area (Å²) in [6.45, 7) is -0.674. The van der Waals surface area contributed by atoms with Crippen LogP contribution in [0.4, 0.5) is 0 Å². The fourth-order valence-corrected chi connectivity index (χ4v) is 3.36. The number of carbonyl (C=O) groups excluding carboxylic acids is 1. The van der Waals surface area contributed by atoms with Gasteiger partial charge in [0.1, 0.15) is 40.8 Å². The van der Waals surface area contributed by atoms with Crippen molar-refractivity contribution in [1.29, 1.82) is 0 Å². The highest BCUT2D eigenvalue weighted by molar-refractivity contribution is 6.01. The molecule has 1 saturated heterocycles. The second kappa shape index (κ2) is 9.50. The van der Waals surface area contributed by atoms with Crippen LogP contribution in [0.5, 0.6) is 23.0 Å². The molecule has 1 fully saturated rings. The lowest BCUT2D eigenvalue weighted by atomic mass is 9.93. The number of hydrogen-bond donors (Lipinski definition) is 7. The summed E-state index contributed by atoms with van der Waals surface area (Å²) in [5, 5.41) is 68.7. The van der Waals surface area contributed by atoms with Crippen molar-refractivity contribution < 1.29 is 50.0 Å². The molecule has 0 radical (unpaired) electrons. The monoisotopic (exact) mass is 436 g/mol. The highest BCUT2D eigenvalue weighted by Crippen LogP contribution is 2.36. The largest absolute Gasteiger partial charge is 0.508 e. The van der Waals surface area contributed by atoms with Crippen LogP contribution in [0.1, 0.15) is 22.3 Å². The molecule has 0 aromatic heterocycles. The van der Waals surface area contributed by atoms with Gasteiger partial charge in [0.2, 0.25) is 6.29 Å². The maximum atomic E-state index is 12.8. The van der Waals surface area contributed by atoms with E-state index in [1.165, 1.54) is 12.1 Å². The van der Waals surface area contributed by atoms with Gasteiger partial charge in [0.05, 0.1) is 6.61 Å². The van der Waals surface area contributed by atoms with E-state index in [4.69, 9.17) is 9.47 Å². The molecular formula is C21H24O10. The van der Waals surface area contributed by atoms with Crippen molar-refractivity contribution in [1.82, 2.24) is 0 Å². The third-order valence-electron chi connectivity index (χ3n) is 5.10. The van der Waals surface area contributed by atoms with Crippen molar-refractivity contribution in [3.05, 3.63) is 47.5 Å². The number of Topliss-reactive ketones (excluding diaryl/α,β-unsaturated/α-hetero) is 1. The molecule has 168 valence electrons. The number of hydrogen-bond acceptors (Lipinski definition) is 10. The number of ketones is 1. The Balaban J connectivity index is 1.82. The van der Waals surface area contributed by atoms with Gasteiger partial charge in [-0.2, -0.15) is 0 Å². The van der Waals surface area contributed by atoms with Gasteiger partial charge in [-0.3, -0.25) is 4.79 Å². The van der Waals surface area contributed by atoms with E-state index in [1.54, 1.807) is 12.1 Å². The first-order chi connectivity index (χ1) is 14.7. The molecule has 2 aromatic rings. The van der Waals surface area contributed by atoms with Gasteiger partial charge in [-0.1, -0.05) is 12.1 Å². The minimum atomic E-state index is -1.77. The smallest absolute Gasteiger partial charge is 0.228 e. The topological polar surface area (TPSA) is 177 Å². The van der Waals surface area contributed by atoms with E-state index >= 15 is 0 Å². The number of phenolic OH excluding ortho intramolecular Hbond substituents is 3. The molecule has 2 aromatic carbocycles. The van der Waals surface area contributed by atoms with Gasteiger partial charge in [-0.15, -0.1) is 0 Å². The van der Waals surface area contributed by atoms with Crippen molar-refractivity contribution >= 4 is 5.78 Å². The number of phenols is 3. The number of rotatable bonds is 7. The van der Waals surface area contributed by atoms with Crippen LogP contribution in [0.15, 0.2) is 36.4 Å². The van der Waals surface area contributed by atoms with E-state index in [0.29, 0.717) is 6.42 Å². The average Bonchev–Trinajstić information content (AvgIpc) is 2.71. The van der Waals surface area contributed by atoms with Crippen LogP contribution < -0.4 is 4.74 Å². The third kappa shape index (κ3) is 5.06. The zero-order chi connectivity index (χ0) is 22.7. The van der Waals surface area contributed by atoms with Gasteiger partial charge < -0.3 is 45.2 Å². The molecule has 0 aliphatic carbocycles. The van der Waals surface area contributed by atoms with E-state index in [-0.39, 0.29) is 23.5 Å². The molecule has 10 nitrogen and oxygen atoms in total. The Morgan fingerprint density at radius 3 is 2.29 bits per heavy atom. The van der Waals surface area contributed by atoms with Gasteiger partial charge in [-0.05, 0) is 24.1 Å². The van der Waals surface area contributed by atoms with Gasteiger partial charge in [-0.25, -0.2) is 0 Å². The van der Waals surface area contributed by atoms with Gasteiger partial charge in [0.25, 0.3) is 0 Å². The van der Waals surface area contributed by atoms with Crippen LogP contribution in [-0.4, -0.2) is 72.9 Å². The first-order valence-electron chi connectivity index (χ1n) is 9.55. The molecule has 5 atom stereocenters. The van der Waals surface area contributed by atoms with Gasteiger partial charge in [0, 0.05) is 24.5 Å². The van der Waals surface area contributed by atoms with Crippen LogP contribution in [0, 0.1) is 5.92 Å². The SMILES string of the molecule is O=C(CCc1ccc(O)cc1)c1c(O)cc(O)cc1O[C@@H]1O[C@H](O)[C@@H](O)[C@H](CO)[C@H]1O. The van der Waals surface area contributed by atoms with Crippen molar-refractivity contribution in [3.63, 3.8) is 0 Å². The van der Waals surface area contributed by atoms with Crippen LogP contribution in [0.25, 0.3) is 0 Å². The second-order valence-corrected chi connectivity index (χ2v) is 7.27. The molecule has 7 N–H and O–H groups in total. The minimum Gasteiger partial charge on any atom is -0.508 e. The van der Waals surface area contributed by atoms with E-state index < -0.39 is 54.6 Å². The Morgan fingerprint density at radius 1 is 0.968 bits per heavy atom. The summed E-state index contributed by atoms with van der Waals surface area (Å²) in [6.07, 6.45) is -6.27. The summed E-state index contributed by atoms with van der Waals surface area (Å²) in [7, 11) is 0. The lowest BCUT2D eigenvalue weighted by Gasteiger charge is -2.39. The van der Waals surface area contributed by atoms with E-state index in [2.05, 4.69) is 0 Å². The third-order valence-corrected chi connectivity index (χ3v) is 5.10. The maximum absolute atomic E-state index is 12.8. The number of benzene rings is 2. The molecule has 0 amide bonds. The summed E-state index contributed by atoms with van der Waals surface area (Å²) < 4.78 is 10.5. The molecule has 0 spiro atoms. The fourth-order valence-electron chi connectivity index (χ4n) is 3.36. The number of ether oxygens (including phenoxy) is 2. The van der Waals surface area contributed by atoms with Crippen molar-refractivity contribution in [2.24, 2.45) is 5.92 Å². The maximum Gasteiger partial charge on any atom is 0.228 e. The molecule has 0 unspecified atom stereocenters. The van der Waals surface area contributed by atoms with Gasteiger partial charge >= 0.3 is 0 Å². The average molecular weight is 436 g/mol. The summed E-state index contributed by atoms with van der Waals surface area (Å²) >= 11 is 0. The fraction of sp³-hybridized carbons (Fsp3) is 0.381. The lowest BCUT2D eigenvalue weighted by Crippen LogP contribution is -2.57. The predicted octanol–water partition coefficient (Wildman–Crippen LogP) is 0.00270. The van der Waals surface area contributed by atoms with Crippen molar-refractivity contribution in [2.75, 3.05) is 6.61 Å². The summed E-state index contributed by atoms with van der Waals surface area (Å²) in [5.41, 5.74) is 0.495. The lowest BCUT2D eigenvalue weighted by molar-refractivity contribution is -0.314. The molecule has 0 saturated carbocycles. The Hall–Kier alpha value is -2.89. The van der Waals surface area contributed by atoms with Gasteiger partial charge in [0.15, 0.2) is 12.1 Å². The molecule has 1 aliphatic rings. The second-order valence-electron chi connectivity index (χ2n) is 7.27. The number of aliphatic hydroxyl groups excluding tert-OH is 4. The van der Waals surface area contributed by atoms with E-state index in [0.717, 1.165) is 17.7 Å². The zero-order valence-corrected chi connectivity index (χ0v) is 16.3. The molecule has 1 heterocycles. The quantitative estimate of drug-likeness (QED) is 0.292. The number of carbonyl (C=O) groups is 1. The van der Waals surface area contributed by atoms with Crippen molar-refractivity contribution in [3.8, 4) is 23.0 Å². The summed E-state index contributed by atoms with van der Waals surface area (Å²) in [5.74, 6) is -2.93. The Labute approximate surface area is 177 Å². The number of aliphatic hydroxyl groups is 4. The minimum absolute atomic E-state index is 0.0475. The standard InChI is InChI=1S/C21H24O10/c22-9-13-18(27)20(29)31-21(19(13)28)30-16-8-12(24)7-15(26)17(16)14(25)6-3-10-1-4-11(23)5-2-10/h1-2,4-5,7-8,13,18-24,26-29H,3,6,9H2/t13-,18-,19+,20-,21+/m0/s1. The Bertz CT molecular complexity index is 913. The Kier molecular flexibility index (Phi) is 6.98. The molecule has 1 aliphatic heterocycles. The molecule has 31 heavy (non-hydrogen) atoms. The Morgan fingerprint density at radius 2 is 1.65 bits per heavy atom. The molecule has 10 heteroatoms. The molecule has 0 bridgehead atoms. The normalized spacial score (nSPS) is 25.9. The highest BCUT2D eigenvalue weighted by Gasteiger charge is 2.45. The van der Waals surface area contributed by atoms with Crippen LogP contribution in [-0.2, 0) is 11.2 Å². The van der Waals surface area contributed by atoms with Crippen LogP contribution in [0.3, 0.4) is 0 Å². The summed E-state index contributed by atoms with van der Waals surface area (Å²) in [4.78, 5) is 12.8. The highest BCUT2D eigenvalue weighted by atomic mass is 16.7. The van der Waals surface area contributed by atoms with Crippen molar-refractivity contribution in [2.45, 2.75) is 37.6 Å². The van der Waals surface area contributed by atoms with Crippen LogP contribution >= 0.6 is 0 Å². The predicted molar refractivity (Wildman–Crippen MR) is 105 cm³/mol. The van der Waals surface area contributed by atoms with Crippen LogP contribution in [0.2, 0.25) is 0 Å². The number of aryl methyl sites for hydroxylation is 1. The van der Waals surface area contributed by atoms with E-state index in [1.807, 2.05) is 0 Å². The zero-order valence-electron chi connectivity index (χ0n) is 16.3. The summed E-state index contributed by atoms with van der Waals surface area (Å²) in [6, 6.07) is 8.23. The number of aromatic hydroxyl groups is 3.